The molecule has 0 spiro atoms. The number of carbonyl (C=O) groups is 4. The summed E-state index contributed by atoms with van der Waals surface area (Å²) in [4.78, 5) is 62.6. The van der Waals surface area contributed by atoms with E-state index in [4.69, 9.17) is 27.9 Å². The molecule has 4 aliphatic rings. The molecule has 3 aliphatic carbocycles. The highest BCUT2D eigenvalue weighted by molar-refractivity contribution is 6.74. The molecule has 7 rings (SSSR count). The van der Waals surface area contributed by atoms with Gasteiger partial charge in [-0.15, -0.1) is 0 Å². The molecule has 1 saturated carbocycles. The Morgan fingerprint density at radius 3 is 2.37 bits per heavy atom. The quantitative estimate of drug-likeness (QED) is 0.0791. The van der Waals surface area contributed by atoms with E-state index < -0.39 is 66.4 Å². The summed E-state index contributed by atoms with van der Waals surface area (Å²) in [5.74, 6) is -2.49. The van der Waals surface area contributed by atoms with Gasteiger partial charge in [-0.25, -0.2) is 4.79 Å². The lowest BCUT2D eigenvalue weighted by Crippen LogP contribution is -2.68. The lowest BCUT2D eigenvalue weighted by molar-refractivity contribution is -0.140. The topological polar surface area (TPSA) is 179 Å². The molecule has 15 nitrogen and oxygen atoms in total. The van der Waals surface area contributed by atoms with Crippen LogP contribution in [0.25, 0.3) is 5.76 Å². The molecule has 1 aliphatic heterocycles. The number of unbranched alkanes of at least 4 members (excludes halogenated alkanes) is 2. The largest absolute Gasteiger partial charge is 0.507 e. The minimum atomic E-state index is -2.97. The van der Waals surface area contributed by atoms with E-state index in [-0.39, 0.29) is 65.8 Å². The molecular formula is C49H66N4O11Si. The van der Waals surface area contributed by atoms with Crippen molar-refractivity contribution in [2.24, 2.45) is 11.8 Å². The van der Waals surface area contributed by atoms with Crippen molar-refractivity contribution >= 4 is 43.3 Å². The molecule has 352 valence electrons. The highest BCUT2D eigenvalue weighted by atomic mass is 28.4. The second kappa shape index (κ2) is 19.0. The van der Waals surface area contributed by atoms with Gasteiger partial charge in [-0.05, 0) is 87.4 Å². The second-order valence-corrected chi connectivity index (χ2v) is 24.2. The predicted molar refractivity (Wildman–Crippen MR) is 247 cm³/mol. The third-order valence-electron chi connectivity index (χ3n) is 14.0. The zero-order valence-corrected chi connectivity index (χ0v) is 40.6. The van der Waals surface area contributed by atoms with E-state index in [2.05, 4.69) is 31.2 Å². The Labute approximate surface area is 383 Å². The standard InChI is InChI=1S/C49H66N4O11Si/c1-11-13-23-60-41-33(50-45(57)34-21-18-22-53(34)47(58)62-28-29-19-16-15-17-20-29)27-35(59-8)31-25-30-26-32-39(52(6)7)42-38(46(51-63-42)61-24-14-12-2)44(56)49(32,64-65(9,10)48(3,4)5)43(55)36(30)40(54)37(31)41/h15-17,19-20,27,30,32,34,39,54H,11-14,18,21-26,28H2,1-10H3,(H,50,57)/t30-,32-,34+,39-,49-/m0/s1. The van der Waals surface area contributed by atoms with Gasteiger partial charge in [0.25, 0.3) is 5.88 Å². The third-order valence-corrected chi connectivity index (χ3v) is 18.4. The number of aliphatic hydroxyl groups is 1. The van der Waals surface area contributed by atoms with E-state index in [1.165, 1.54) is 12.0 Å². The number of ether oxygens (including phenoxy) is 4. The van der Waals surface area contributed by atoms with Gasteiger partial charge in [-0.2, -0.15) is 0 Å². The van der Waals surface area contributed by atoms with Crippen LogP contribution in [0.3, 0.4) is 0 Å². The first-order valence-electron chi connectivity index (χ1n) is 23.1. The molecule has 2 amide bonds. The van der Waals surface area contributed by atoms with Crippen LogP contribution in [0, 0.1) is 11.8 Å². The Balaban J connectivity index is 1.34. The molecule has 1 saturated heterocycles. The van der Waals surface area contributed by atoms with E-state index >= 15 is 9.59 Å². The molecule has 2 aromatic carbocycles. The van der Waals surface area contributed by atoms with Crippen LogP contribution in [0.5, 0.6) is 17.4 Å². The Morgan fingerprint density at radius 1 is 1.03 bits per heavy atom. The summed E-state index contributed by atoms with van der Waals surface area (Å²) in [6.45, 7) is 15.2. The fraction of sp³-hybridized carbons (Fsp3) is 0.571. The lowest BCUT2D eigenvalue weighted by Gasteiger charge is -2.55. The van der Waals surface area contributed by atoms with E-state index in [9.17, 15) is 14.7 Å². The molecule has 0 unspecified atom stereocenters. The number of methoxy groups -OCH3 is 1. The van der Waals surface area contributed by atoms with Crippen molar-refractivity contribution in [3.63, 3.8) is 0 Å². The number of fused-ring (bicyclic) bond motifs is 4. The molecule has 3 aromatic rings. The smallest absolute Gasteiger partial charge is 0.410 e. The molecule has 2 heterocycles. The van der Waals surface area contributed by atoms with Crippen LogP contribution in [0.15, 0.2) is 46.5 Å². The van der Waals surface area contributed by atoms with Crippen LogP contribution in [0.1, 0.15) is 118 Å². The van der Waals surface area contributed by atoms with Gasteiger partial charge in [0.15, 0.2) is 25.4 Å². The first-order chi connectivity index (χ1) is 30.9. The monoisotopic (exact) mass is 914 g/mol. The maximum atomic E-state index is 16.0. The Hall–Kier alpha value is -5.19. The van der Waals surface area contributed by atoms with Crippen molar-refractivity contribution in [1.82, 2.24) is 15.0 Å². The maximum Gasteiger partial charge on any atom is 0.410 e. The van der Waals surface area contributed by atoms with Crippen LogP contribution in [0.2, 0.25) is 18.1 Å². The molecule has 0 bridgehead atoms. The van der Waals surface area contributed by atoms with E-state index in [0.717, 1.165) is 24.8 Å². The number of hydrogen-bond acceptors (Lipinski definition) is 13. The molecule has 5 atom stereocenters. The van der Waals surface area contributed by atoms with E-state index in [1.54, 1.807) is 6.07 Å². The normalized spacial score (nSPS) is 22.8. The van der Waals surface area contributed by atoms with Crippen LogP contribution in [0.4, 0.5) is 10.5 Å². The van der Waals surface area contributed by atoms with Gasteiger partial charge in [-0.3, -0.25) is 24.2 Å². The zero-order chi connectivity index (χ0) is 47.0. The third kappa shape index (κ3) is 8.69. The van der Waals surface area contributed by atoms with Crippen molar-refractivity contribution in [3.05, 3.63) is 70.0 Å². The molecule has 65 heavy (non-hydrogen) atoms. The van der Waals surface area contributed by atoms with Gasteiger partial charge in [0, 0.05) is 29.7 Å². The molecule has 2 fully saturated rings. The number of nitrogens with zero attached hydrogens (tertiary/aromatic N) is 3. The maximum absolute atomic E-state index is 16.0. The number of rotatable bonds is 16. The van der Waals surface area contributed by atoms with Crippen molar-refractivity contribution in [1.29, 1.82) is 0 Å². The number of anilines is 1. The van der Waals surface area contributed by atoms with Crippen molar-refractivity contribution in [3.8, 4) is 17.4 Å². The summed E-state index contributed by atoms with van der Waals surface area (Å²) in [6, 6.07) is 9.54. The van der Waals surface area contributed by atoms with Crippen LogP contribution >= 0.6 is 0 Å². The fourth-order valence-electron chi connectivity index (χ4n) is 9.58. The summed E-state index contributed by atoms with van der Waals surface area (Å²) in [5, 5.41) is 19.7. The number of aromatic nitrogens is 1. The highest BCUT2D eigenvalue weighted by Gasteiger charge is 2.69. The number of Topliss-reactive ketones (excluding diaryl/α,β-unsaturated/α-hetero) is 2. The number of benzene rings is 2. The van der Waals surface area contributed by atoms with Gasteiger partial charge in [-0.1, -0.05) is 77.8 Å². The van der Waals surface area contributed by atoms with Gasteiger partial charge >= 0.3 is 6.09 Å². The number of nitrogens with one attached hydrogen (secondary N) is 1. The SMILES string of the molecule is CCCCOc1noc2c1C(=O)[C@@]1(O[Si](C)(C)C(C)(C)C)C(=O)C3=C(O)c4c(c(OC)cc(NC(=O)[C@H]5CCCN5C(=O)OCc5ccccc5)c4OCCCC)C[C@H]3C[C@H]1[C@@H]2N(C)C. The number of amides is 2. The summed E-state index contributed by atoms with van der Waals surface area (Å²) >= 11 is 0. The summed E-state index contributed by atoms with van der Waals surface area (Å²) in [5.41, 5.74) is -0.115. The number of likely N-dealkylation sites (tertiary alicyclic amines) is 1. The van der Waals surface area contributed by atoms with Crippen LogP contribution in [-0.4, -0.2) is 105 Å². The first-order valence-corrected chi connectivity index (χ1v) is 26.0. The Bertz CT molecular complexity index is 2320. The predicted octanol–water partition coefficient (Wildman–Crippen LogP) is 9.07. The average molecular weight is 915 g/mol. The molecule has 2 N–H and O–H groups in total. The molecular weight excluding hydrogens is 849 g/mol. The van der Waals surface area contributed by atoms with Crippen LogP contribution in [-0.2, 0) is 31.8 Å². The Kier molecular flexibility index (Phi) is 13.9. The number of hydrogen-bond donors (Lipinski definition) is 2. The number of carbonyl (C=O) groups excluding carboxylic acids is 4. The van der Waals surface area contributed by atoms with Crippen molar-refractivity contribution in [2.75, 3.05) is 46.3 Å². The summed E-state index contributed by atoms with van der Waals surface area (Å²) in [7, 11) is 2.30. The van der Waals surface area contributed by atoms with Gasteiger partial charge < -0.3 is 38.3 Å². The average Bonchev–Trinajstić information content (AvgIpc) is 3.93. The zero-order valence-electron chi connectivity index (χ0n) is 39.6. The minimum absolute atomic E-state index is 0.0195. The second-order valence-electron chi connectivity index (χ2n) is 19.5. The van der Waals surface area contributed by atoms with Gasteiger partial charge in [0.2, 0.25) is 17.5 Å². The minimum Gasteiger partial charge on any atom is -0.507 e. The fourth-order valence-corrected chi connectivity index (χ4v) is 11.0. The van der Waals surface area contributed by atoms with Gasteiger partial charge in [0.1, 0.15) is 29.7 Å². The summed E-state index contributed by atoms with van der Waals surface area (Å²) in [6.07, 6.45) is 3.96. The van der Waals surface area contributed by atoms with Crippen molar-refractivity contribution < 1.29 is 52.2 Å². The van der Waals surface area contributed by atoms with E-state index in [0.29, 0.717) is 49.5 Å². The first kappa shape index (κ1) is 47.8. The van der Waals surface area contributed by atoms with Crippen LogP contribution < -0.4 is 19.5 Å². The number of ketones is 2. The highest BCUT2D eigenvalue weighted by Crippen LogP contribution is 2.60. The molecule has 1 aromatic heterocycles. The van der Waals surface area contributed by atoms with E-state index in [1.807, 2.05) is 76.3 Å². The Morgan fingerprint density at radius 2 is 1.72 bits per heavy atom. The van der Waals surface area contributed by atoms with Gasteiger partial charge in [0.05, 0.1) is 37.6 Å². The number of aliphatic hydroxyl groups excluding tert-OH is 1. The molecule has 16 heteroatoms. The van der Waals surface area contributed by atoms with Crippen molar-refractivity contribution in [2.45, 2.75) is 128 Å². The lowest BCUT2D eigenvalue weighted by atomic mass is 9.57. The summed E-state index contributed by atoms with van der Waals surface area (Å²) < 4.78 is 37.5. The molecule has 0 radical (unpaired) electrons.